The molecule has 0 heterocycles. The zero-order chi connectivity index (χ0) is 16.8. The van der Waals surface area contributed by atoms with E-state index in [2.05, 4.69) is 70.1 Å². The molecule has 0 radical (unpaired) electrons. The summed E-state index contributed by atoms with van der Waals surface area (Å²) >= 11 is 0. The molecule has 22 heavy (non-hydrogen) atoms. The lowest BCUT2D eigenvalue weighted by Gasteiger charge is -2.31. The van der Waals surface area contributed by atoms with Crippen LogP contribution < -0.4 is 0 Å². The van der Waals surface area contributed by atoms with Gasteiger partial charge in [0.1, 0.15) is 0 Å². The van der Waals surface area contributed by atoms with E-state index in [4.69, 9.17) is 0 Å². The molecule has 0 aromatic heterocycles. The predicted octanol–water partition coefficient (Wildman–Crippen LogP) is 6.02. The number of nitrogens with zero attached hydrogens (tertiary/aromatic N) is 1. The van der Waals surface area contributed by atoms with E-state index in [0.717, 1.165) is 18.5 Å². The summed E-state index contributed by atoms with van der Waals surface area (Å²) in [6.45, 7) is 19.0. The van der Waals surface area contributed by atoms with Gasteiger partial charge in [-0.15, -0.1) is 6.58 Å². The van der Waals surface area contributed by atoms with Crippen molar-refractivity contribution < 1.29 is 0 Å². The molecule has 0 N–H and O–H groups in total. The summed E-state index contributed by atoms with van der Waals surface area (Å²) < 4.78 is 0. The molecule has 2 unspecified atom stereocenters. The standard InChI is InChI=1S/C21H31N/c1-8-11-19-12-13-20(16(4)14-19)21(7,9-2)15-17(5)18(6)22-10-3/h9-10,12-14,17H,2,6,8,11,15H2,1,3-5,7H3. The molecule has 120 valence electrons. The number of rotatable bonds is 8. The Bertz CT molecular complexity index is 553. The number of hydrogen-bond acceptors (Lipinski definition) is 1. The summed E-state index contributed by atoms with van der Waals surface area (Å²) in [5.41, 5.74) is 5.02. The summed E-state index contributed by atoms with van der Waals surface area (Å²) in [7, 11) is 0. The Balaban J connectivity index is 3.07. The van der Waals surface area contributed by atoms with E-state index in [1.807, 2.05) is 13.1 Å². The van der Waals surface area contributed by atoms with Crippen LogP contribution in [0.15, 0.2) is 48.1 Å². The van der Waals surface area contributed by atoms with Gasteiger partial charge in [0.25, 0.3) is 0 Å². The van der Waals surface area contributed by atoms with Crippen molar-refractivity contribution in [1.82, 2.24) is 0 Å². The highest BCUT2D eigenvalue weighted by atomic mass is 14.7. The summed E-state index contributed by atoms with van der Waals surface area (Å²) in [6.07, 6.45) is 7.19. The average Bonchev–Trinajstić information content (AvgIpc) is 2.47. The summed E-state index contributed by atoms with van der Waals surface area (Å²) in [5.74, 6) is 0.328. The minimum absolute atomic E-state index is 0.0551. The number of aryl methyl sites for hydroxylation is 2. The average molecular weight is 297 g/mol. The number of benzene rings is 1. The van der Waals surface area contributed by atoms with E-state index in [9.17, 15) is 0 Å². The maximum absolute atomic E-state index is 4.34. The van der Waals surface area contributed by atoms with Crippen LogP contribution in [0.1, 0.15) is 57.2 Å². The van der Waals surface area contributed by atoms with Crippen molar-refractivity contribution in [3.05, 3.63) is 59.8 Å². The lowest BCUT2D eigenvalue weighted by molar-refractivity contribution is 0.452. The Morgan fingerprint density at radius 1 is 1.41 bits per heavy atom. The molecule has 0 bridgehead atoms. The monoisotopic (exact) mass is 297 g/mol. The van der Waals surface area contributed by atoms with Crippen molar-refractivity contribution in [3.8, 4) is 0 Å². The fraction of sp³-hybridized carbons (Fsp3) is 0.476. The molecule has 1 heteroatoms. The van der Waals surface area contributed by atoms with Gasteiger partial charge in [0.05, 0.1) is 0 Å². The molecule has 0 aliphatic rings. The van der Waals surface area contributed by atoms with Crippen LogP contribution in [0.2, 0.25) is 0 Å². The molecule has 0 spiro atoms. The second kappa shape index (κ2) is 8.12. The Labute approximate surface area is 136 Å². The van der Waals surface area contributed by atoms with Crippen molar-refractivity contribution in [2.75, 3.05) is 0 Å². The molecule has 0 fully saturated rings. The molecular formula is C21H31N. The molecule has 0 saturated carbocycles. The van der Waals surface area contributed by atoms with Gasteiger partial charge >= 0.3 is 0 Å². The third-order valence-electron chi connectivity index (χ3n) is 4.49. The Hall–Kier alpha value is -1.63. The molecule has 2 atom stereocenters. The molecule has 1 nitrogen and oxygen atoms in total. The van der Waals surface area contributed by atoms with Crippen molar-refractivity contribution in [1.29, 1.82) is 0 Å². The molecule has 1 aromatic rings. The van der Waals surface area contributed by atoms with Crippen molar-refractivity contribution in [2.45, 2.75) is 59.3 Å². The molecular weight excluding hydrogens is 266 g/mol. The first-order chi connectivity index (χ1) is 10.4. The molecule has 0 saturated heterocycles. The Morgan fingerprint density at radius 2 is 2.09 bits per heavy atom. The lowest BCUT2D eigenvalue weighted by atomic mass is 9.73. The minimum Gasteiger partial charge on any atom is -0.266 e. The van der Waals surface area contributed by atoms with Crippen LogP contribution >= 0.6 is 0 Å². The highest BCUT2D eigenvalue weighted by Crippen LogP contribution is 2.36. The van der Waals surface area contributed by atoms with Gasteiger partial charge in [0.2, 0.25) is 0 Å². The van der Waals surface area contributed by atoms with Crippen LogP contribution in [-0.2, 0) is 11.8 Å². The SMILES string of the molecule is C=CC(C)(CC(C)C(=C)N=CC)c1ccc(CCC)cc1C. The summed E-state index contributed by atoms with van der Waals surface area (Å²) in [4.78, 5) is 4.34. The van der Waals surface area contributed by atoms with Crippen LogP contribution in [0.25, 0.3) is 0 Å². The van der Waals surface area contributed by atoms with Gasteiger partial charge in [-0.2, -0.15) is 0 Å². The van der Waals surface area contributed by atoms with Gasteiger partial charge in [-0.3, -0.25) is 4.99 Å². The van der Waals surface area contributed by atoms with Crippen LogP contribution in [-0.4, -0.2) is 6.21 Å². The van der Waals surface area contributed by atoms with Crippen molar-refractivity contribution in [3.63, 3.8) is 0 Å². The number of aliphatic imine (C=N–C) groups is 1. The van der Waals surface area contributed by atoms with Gasteiger partial charge in [0.15, 0.2) is 0 Å². The predicted molar refractivity (Wildman–Crippen MR) is 99.8 cm³/mol. The zero-order valence-electron chi connectivity index (χ0n) is 14.9. The lowest BCUT2D eigenvalue weighted by Crippen LogP contribution is -2.23. The van der Waals surface area contributed by atoms with E-state index in [1.54, 1.807) is 0 Å². The van der Waals surface area contributed by atoms with Gasteiger partial charge in [-0.1, -0.05) is 58.0 Å². The van der Waals surface area contributed by atoms with E-state index in [0.29, 0.717) is 5.92 Å². The number of hydrogen-bond donors (Lipinski definition) is 0. The van der Waals surface area contributed by atoms with E-state index < -0.39 is 0 Å². The molecule has 0 aliphatic carbocycles. The van der Waals surface area contributed by atoms with Crippen molar-refractivity contribution >= 4 is 6.21 Å². The van der Waals surface area contributed by atoms with E-state index >= 15 is 0 Å². The Kier molecular flexibility index (Phi) is 6.80. The topological polar surface area (TPSA) is 12.4 Å². The maximum atomic E-state index is 4.34. The fourth-order valence-electron chi connectivity index (χ4n) is 3.16. The van der Waals surface area contributed by atoms with Gasteiger partial charge in [-0.25, -0.2) is 0 Å². The summed E-state index contributed by atoms with van der Waals surface area (Å²) in [5, 5.41) is 0. The molecule has 0 aliphatic heterocycles. The third kappa shape index (κ3) is 4.43. The van der Waals surface area contributed by atoms with Gasteiger partial charge < -0.3 is 0 Å². The zero-order valence-corrected chi connectivity index (χ0v) is 14.9. The maximum Gasteiger partial charge on any atom is 0.0356 e. The largest absolute Gasteiger partial charge is 0.266 e. The normalized spacial score (nSPS) is 15.5. The van der Waals surface area contributed by atoms with E-state index in [1.165, 1.54) is 23.1 Å². The minimum atomic E-state index is -0.0551. The fourth-order valence-corrected chi connectivity index (χ4v) is 3.16. The highest BCUT2D eigenvalue weighted by molar-refractivity contribution is 5.55. The second-order valence-electron chi connectivity index (χ2n) is 6.50. The molecule has 0 amide bonds. The third-order valence-corrected chi connectivity index (χ3v) is 4.49. The molecule has 1 aromatic carbocycles. The smallest absolute Gasteiger partial charge is 0.0356 e. The first-order valence-corrected chi connectivity index (χ1v) is 8.29. The highest BCUT2D eigenvalue weighted by Gasteiger charge is 2.27. The van der Waals surface area contributed by atoms with Crippen LogP contribution in [0.3, 0.4) is 0 Å². The van der Waals surface area contributed by atoms with Gasteiger partial charge in [0, 0.05) is 17.3 Å². The first-order valence-electron chi connectivity index (χ1n) is 8.29. The molecule has 1 rings (SSSR count). The summed E-state index contributed by atoms with van der Waals surface area (Å²) in [6, 6.07) is 6.86. The van der Waals surface area contributed by atoms with Crippen molar-refractivity contribution in [2.24, 2.45) is 10.9 Å². The van der Waals surface area contributed by atoms with Crippen LogP contribution in [0.4, 0.5) is 0 Å². The quantitative estimate of drug-likeness (QED) is 0.411. The Morgan fingerprint density at radius 3 is 2.59 bits per heavy atom. The number of allylic oxidation sites excluding steroid dienone is 2. The van der Waals surface area contributed by atoms with Gasteiger partial charge in [-0.05, 0) is 49.3 Å². The second-order valence-corrected chi connectivity index (χ2v) is 6.50. The van der Waals surface area contributed by atoms with E-state index in [-0.39, 0.29) is 5.41 Å². The first kappa shape index (κ1) is 18.4. The van der Waals surface area contributed by atoms with Crippen LogP contribution in [0.5, 0.6) is 0 Å². The van der Waals surface area contributed by atoms with Crippen LogP contribution in [0, 0.1) is 12.8 Å².